The number of allylic oxidation sites excluding steroid dienone is 1. The van der Waals surface area contributed by atoms with Crippen LogP contribution >= 0.6 is 0 Å². The molecule has 0 spiro atoms. The van der Waals surface area contributed by atoms with Gasteiger partial charge in [-0.15, -0.1) is 0 Å². The van der Waals surface area contributed by atoms with E-state index in [4.69, 9.17) is 4.98 Å². The average Bonchev–Trinajstić information content (AvgIpc) is 3.52. The summed E-state index contributed by atoms with van der Waals surface area (Å²) in [4.78, 5) is 17.1. The Labute approximate surface area is 218 Å². The Morgan fingerprint density at radius 3 is 2.58 bits per heavy atom. The Bertz CT molecular complexity index is 1820. The summed E-state index contributed by atoms with van der Waals surface area (Å²) in [5.41, 5.74) is 8.77. The zero-order valence-electron chi connectivity index (χ0n) is 21.3. The Morgan fingerprint density at radius 2 is 1.76 bits per heavy atom. The summed E-state index contributed by atoms with van der Waals surface area (Å²) in [6.45, 7) is 10.5. The summed E-state index contributed by atoms with van der Waals surface area (Å²) in [6, 6.07) is 14.4. The number of aromatic amines is 2. The number of H-pyrrole nitrogens is 2. The predicted molar refractivity (Wildman–Crippen MR) is 150 cm³/mol. The molecule has 6 aromatic rings. The van der Waals surface area contributed by atoms with Crippen molar-refractivity contribution in [3.63, 3.8) is 0 Å². The van der Waals surface area contributed by atoms with Crippen LogP contribution in [0, 0.1) is 11.2 Å². The van der Waals surface area contributed by atoms with Gasteiger partial charge in [-0.25, -0.2) is 9.37 Å². The monoisotopic (exact) mass is 503 g/mol. The second-order valence-corrected chi connectivity index (χ2v) is 10.3. The highest BCUT2D eigenvalue weighted by Gasteiger charge is 2.17. The lowest BCUT2D eigenvalue weighted by molar-refractivity contribution is 0.509. The van der Waals surface area contributed by atoms with E-state index in [1.165, 1.54) is 12.1 Å². The molecule has 0 saturated heterocycles. The van der Waals surface area contributed by atoms with Gasteiger partial charge in [0.2, 0.25) is 0 Å². The van der Waals surface area contributed by atoms with E-state index >= 15 is 0 Å². The lowest BCUT2D eigenvalue weighted by Gasteiger charge is -2.23. The molecule has 0 unspecified atom stereocenters. The van der Waals surface area contributed by atoms with Gasteiger partial charge in [0.15, 0.2) is 0 Å². The van der Waals surface area contributed by atoms with E-state index in [9.17, 15) is 4.39 Å². The van der Waals surface area contributed by atoms with Crippen LogP contribution in [0.25, 0.3) is 55.7 Å². The number of fused-ring (bicyclic) bond motifs is 2. The molecule has 1 aromatic carbocycles. The number of aromatic nitrogens is 6. The second kappa shape index (κ2) is 8.92. The van der Waals surface area contributed by atoms with Gasteiger partial charge in [0.1, 0.15) is 17.0 Å². The number of rotatable bonds is 5. The molecule has 6 rings (SSSR count). The first-order valence-corrected chi connectivity index (χ1v) is 12.3. The van der Waals surface area contributed by atoms with Crippen molar-refractivity contribution in [3.8, 4) is 33.8 Å². The summed E-state index contributed by atoms with van der Waals surface area (Å²) in [5.74, 6) is -0.290. The molecule has 0 aliphatic carbocycles. The van der Waals surface area contributed by atoms with Gasteiger partial charge < -0.3 is 10.3 Å². The minimum atomic E-state index is -0.290. The third-order valence-electron chi connectivity index (χ3n) is 6.58. The maximum Gasteiger partial charge on any atom is 0.135 e. The summed E-state index contributed by atoms with van der Waals surface area (Å²) < 4.78 is 13.9. The summed E-state index contributed by atoms with van der Waals surface area (Å²) >= 11 is 0. The van der Waals surface area contributed by atoms with Crippen LogP contribution in [0.4, 0.5) is 10.1 Å². The number of nitrogens with zero attached hydrogens (tertiary/aromatic N) is 4. The number of hydrogen-bond donors (Lipinski definition) is 3. The van der Waals surface area contributed by atoms with E-state index in [2.05, 4.69) is 57.8 Å². The molecule has 0 radical (unpaired) electrons. The molecule has 0 aliphatic heterocycles. The van der Waals surface area contributed by atoms with Crippen molar-refractivity contribution in [2.24, 2.45) is 5.41 Å². The smallest absolute Gasteiger partial charge is 0.135 e. The molecule has 0 fully saturated rings. The van der Waals surface area contributed by atoms with Crippen LogP contribution < -0.4 is 5.32 Å². The Morgan fingerprint density at radius 1 is 0.921 bits per heavy atom. The Hall–Kier alpha value is -4.85. The Kier molecular flexibility index (Phi) is 5.52. The minimum Gasteiger partial charge on any atom is -0.358 e. The van der Waals surface area contributed by atoms with Gasteiger partial charge in [0.25, 0.3) is 0 Å². The SMILES string of the molecule is C=C(Nc1cncc(-c2ccc3[nH]nc(-c4cc5c(-c6cccc(F)c6)cncc5[nH]4)c3n2)c1)C(C)(C)C. The van der Waals surface area contributed by atoms with Gasteiger partial charge in [-0.05, 0) is 42.0 Å². The molecule has 0 saturated carbocycles. The maximum atomic E-state index is 13.9. The number of hydrogen-bond acceptors (Lipinski definition) is 5. The van der Waals surface area contributed by atoms with Crippen LogP contribution in [-0.2, 0) is 0 Å². The van der Waals surface area contributed by atoms with Crippen molar-refractivity contribution < 1.29 is 4.39 Å². The van der Waals surface area contributed by atoms with E-state index < -0.39 is 0 Å². The first-order valence-electron chi connectivity index (χ1n) is 12.3. The molecule has 188 valence electrons. The van der Waals surface area contributed by atoms with Gasteiger partial charge >= 0.3 is 0 Å². The summed E-state index contributed by atoms with van der Waals surface area (Å²) in [5, 5.41) is 11.9. The van der Waals surface area contributed by atoms with E-state index in [1.807, 2.05) is 30.3 Å². The first-order chi connectivity index (χ1) is 18.3. The number of benzene rings is 1. The van der Waals surface area contributed by atoms with Crippen LogP contribution in [0.5, 0.6) is 0 Å². The second-order valence-electron chi connectivity index (χ2n) is 10.3. The van der Waals surface area contributed by atoms with E-state index in [-0.39, 0.29) is 11.2 Å². The number of halogens is 1. The number of anilines is 1. The van der Waals surface area contributed by atoms with Crippen molar-refractivity contribution in [2.75, 3.05) is 5.32 Å². The third-order valence-corrected chi connectivity index (χ3v) is 6.58. The van der Waals surface area contributed by atoms with Crippen molar-refractivity contribution in [3.05, 3.63) is 91.4 Å². The highest BCUT2D eigenvalue weighted by atomic mass is 19.1. The van der Waals surface area contributed by atoms with Crippen molar-refractivity contribution in [2.45, 2.75) is 20.8 Å². The highest BCUT2D eigenvalue weighted by Crippen LogP contribution is 2.34. The molecule has 38 heavy (non-hydrogen) atoms. The van der Waals surface area contributed by atoms with Gasteiger partial charge in [0.05, 0.1) is 40.5 Å². The lowest BCUT2D eigenvalue weighted by atomic mass is 9.93. The van der Waals surface area contributed by atoms with E-state index in [0.717, 1.165) is 61.4 Å². The van der Waals surface area contributed by atoms with Gasteiger partial charge in [-0.1, -0.05) is 39.5 Å². The number of nitrogens with one attached hydrogen (secondary N) is 3. The van der Waals surface area contributed by atoms with Crippen molar-refractivity contribution >= 4 is 27.6 Å². The van der Waals surface area contributed by atoms with Gasteiger partial charge in [-0.3, -0.25) is 15.1 Å². The number of pyridine rings is 3. The molecular formula is C30H26FN7. The molecule has 0 atom stereocenters. The maximum absolute atomic E-state index is 13.9. The van der Waals surface area contributed by atoms with Crippen LogP contribution in [0.3, 0.4) is 0 Å². The van der Waals surface area contributed by atoms with Crippen molar-refractivity contribution in [1.29, 1.82) is 0 Å². The van der Waals surface area contributed by atoms with E-state index in [0.29, 0.717) is 5.69 Å². The topological polar surface area (TPSA) is 95.2 Å². The normalized spacial score (nSPS) is 11.8. The van der Waals surface area contributed by atoms with Gasteiger partial charge in [-0.2, -0.15) is 5.10 Å². The molecule has 5 heterocycles. The zero-order chi connectivity index (χ0) is 26.4. The van der Waals surface area contributed by atoms with E-state index in [1.54, 1.807) is 30.9 Å². The molecule has 8 heteroatoms. The first kappa shape index (κ1) is 23.5. The van der Waals surface area contributed by atoms with Crippen LogP contribution in [0.15, 0.2) is 85.6 Å². The fraction of sp³-hybridized carbons (Fsp3) is 0.133. The zero-order valence-corrected chi connectivity index (χ0v) is 21.3. The molecule has 0 amide bonds. The molecule has 3 N–H and O–H groups in total. The van der Waals surface area contributed by atoms with Crippen molar-refractivity contribution in [1.82, 2.24) is 30.1 Å². The lowest BCUT2D eigenvalue weighted by Crippen LogP contribution is -2.15. The fourth-order valence-electron chi connectivity index (χ4n) is 4.32. The fourth-order valence-corrected chi connectivity index (χ4v) is 4.32. The standard InChI is InChI=1S/C30H26FN7/c1-17(30(2,3)4)34-21-11-19(13-32-14-21)24-8-9-25-28(36-24)29(38-37-25)26-12-22-23(15-33-16-27(22)35-26)18-6-5-7-20(31)10-18/h5-16,34-35H,1H2,2-4H3,(H,37,38). The predicted octanol–water partition coefficient (Wildman–Crippen LogP) is 7.34. The average molecular weight is 504 g/mol. The largest absolute Gasteiger partial charge is 0.358 e. The molecule has 0 aliphatic rings. The summed E-state index contributed by atoms with van der Waals surface area (Å²) in [7, 11) is 0. The van der Waals surface area contributed by atoms with Crippen LogP contribution in [-0.4, -0.2) is 30.1 Å². The molecular weight excluding hydrogens is 477 g/mol. The minimum absolute atomic E-state index is 0.0809. The Balaban J connectivity index is 1.40. The molecule has 5 aromatic heterocycles. The highest BCUT2D eigenvalue weighted by molar-refractivity contribution is 6.00. The third kappa shape index (κ3) is 4.30. The van der Waals surface area contributed by atoms with Crippen LogP contribution in [0.2, 0.25) is 0 Å². The molecule has 7 nitrogen and oxygen atoms in total. The van der Waals surface area contributed by atoms with Gasteiger partial charge in [0, 0.05) is 40.0 Å². The van der Waals surface area contributed by atoms with Crippen LogP contribution in [0.1, 0.15) is 20.8 Å². The molecule has 0 bridgehead atoms. The summed E-state index contributed by atoms with van der Waals surface area (Å²) in [6.07, 6.45) is 7.07. The quantitative estimate of drug-likeness (QED) is 0.229.